The van der Waals surface area contributed by atoms with E-state index >= 15 is 0 Å². The molecule has 1 heterocycles. The highest BCUT2D eigenvalue weighted by Crippen LogP contribution is 2.36. The van der Waals surface area contributed by atoms with Gasteiger partial charge in [-0.3, -0.25) is 14.4 Å². The van der Waals surface area contributed by atoms with Crippen LogP contribution in [0.25, 0.3) is 0 Å². The molecule has 144 valence electrons. The maximum absolute atomic E-state index is 11.5. The Morgan fingerprint density at radius 1 is 1.00 bits per heavy atom. The Labute approximate surface area is 153 Å². The van der Waals surface area contributed by atoms with Crippen molar-refractivity contribution < 1.29 is 33.3 Å². The van der Waals surface area contributed by atoms with Crippen LogP contribution in [0.15, 0.2) is 0 Å². The van der Waals surface area contributed by atoms with E-state index in [0.717, 1.165) is 18.6 Å². The molecule has 1 aliphatic rings. The predicted octanol–water partition coefficient (Wildman–Crippen LogP) is 2.31. The Kier molecular flexibility index (Phi) is 9.27. The molecule has 0 spiro atoms. The van der Waals surface area contributed by atoms with E-state index in [1.165, 1.54) is 20.8 Å². The zero-order valence-electron chi connectivity index (χ0n) is 15.5. The average Bonchev–Trinajstić information content (AvgIpc) is 2.51. The number of ether oxygens (including phenoxy) is 4. The van der Waals surface area contributed by atoms with Crippen LogP contribution in [0.3, 0.4) is 0 Å². The van der Waals surface area contributed by atoms with Gasteiger partial charge in [0.2, 0.25) is 0 Å². The molecule has 0 aromatic heterocycles. The summed E-state index contributed by atoms with van der Waals surface area (Å²) in [6.45, 7) is 7.87. The summed E-state index contributed by atoms with van der Waals surface area (Å²) in [4.78, 5) is 34.1. The Balaban J connectivity index is 2.96. The summed E-state index contributed by atoms with van der Waals surface area (Å²) in [7, 11) is 0. The van der Waals surface area contributed by atoms with Crippen molar-refractivity contribution in [2.45, 2.75) is 71.2 Å². The predicted molar refractivity (Wildman–Crippen MR) is 92.9 cm³/mol. The first-order valence-electron chi connectivity index (χ1n) is 8.51. The van der Waals surface area contributed by atoms with Crippen LogP contribution in [0.1, 0.15) is 47.5 Å². The van der Waals surface area contributed by atoms with Gasteiger partial charge in [0, 0.05) is 26.7 Å². The molecule has 7 nitrogen and oxygen atoms in total. The summed E-state index contributed by atoms with van der Waals surface area (Å²) in [6, 6.07) is 0. The monoisotopic (exact) mass is 376 g/mol. The Hall–Kier alpha value is -1.28. The zero-order chi connectivity index (χ0) is 19.0. The Morgan fingerprint density at radius 3 is 2.12 bits per heavy atom. The van der Waals surface area contributed by atoms with Crippen LogP contribution >= 0.6 is 11.8 Å². The van der Waals surface area contributed by atoms with Gasteiger partial charge in [-0.05, 0) is 12.2 Å². The van der Waals surface area contributed by atoms with Crippen LogP contribution < -0.4 is 0 Å². The quantitative estimate of drug-likeness (QED) is 0.362. The molecule has 25 heavy (non-hydrogen) atoms. The van der Waals surface area contributed by atoms with E-state index < -0.39 is 41.7 Å². The molecule has 0 bridgehead atoms. The van der Waals surface area contributed by atoms with Gasteiger partial charge in [0.05, 0.1) is 0 Å². The largest absolute Gasteiger partial charge is 0.463 e. The molecule has 1 fully saturated rings. The lowest BCUT2D eigenvalue weighted by Gasteiger charge is -2.43. The minimum Gasteiger partial charge on any atom is -0.463 e. The number of carbonyl (C=O) groups is 3. The van der Waals surface area contributed by atoms with E-state index in [0.29, 0.717) is 0 Å². The van der Waals surface area contributed by atoms with Gasteiger partial charge in [-0.2, -0.15) is 0 Å². The van der Waals surface area contributed by atoms with Crippen molar-refractivity contribution in [3.8, 4) is 0 Å². The van der Waals surface area contributed by atoms with Crippen molar-refractivity contribution in [2.24, 2.45) is 5.92 Å². The van der Waals surface area contributed by atoms with E-state index in [2.05, 4.69) is 6.92 Å². The van der Waals surface area contributed by atoms with E-state index in [1.54, 1.807) is 11.8 Å². The van der Waals surface area contributed by atoms with Crippen LogP contribution in [0.2, 0.25) is 0 Å². The molecule has 3 unspecified atom stereocenters. The van der Waals surface area contributed by atoms with Gasteiger partial charge in [0.1, 0.15) is 30.4 Å². The summed E-state index contributed by atoms with van der Waals surface area (Å²) in [6.07, 6.45) is 0.240. The molecular formula is C17H28O7S. The van der Waals surface area contributed by atoms with Crippen molar-refractivity contribution in [2.75, 3.05) is 12.4 Å². The zero-order valence-corrected chi connectivity index (χ0v) is 16.3. The molecule has 0 N–H and O–H groups in total. The third kappa shape index (κ3) is 7.23. The van der Waals surface area contributed by atoms with Crippen molar-refractivity contribution in [1.29, 1.82) is 0 Å². The third-order valence-electron chi connectivity index (χ3n) is 3.81. The van der Waals surface area contributed by atoms with Crippen molar-refractivity contribution >= 4 is 29.7 Å². The van der Waals surface area contributed by atoms with Crippen molar-refractivity contribution in [1.82, 2.24) is 0 Å². The fourth-order valence-corrected chi connectivity index (χ4v) is 4.04. The SMILES string of the molecule is CCCCS[C@H]1OC(COC(C)=O)[C@H](OC(C)=O)C(C)C1OC(C)=O. The fraction of sp³-hybridized carbons (Fsp3) is 0.824. The van der Waals surface area contributed by atoms with Crippen molar-refractivity contribution in [3.05, 3.63) is 0 Å². The van der Waals surface area contributed by atoms with Gasteiger partial charge >= 0.3 is 17.9 Å². The number of carbonyl (C=O) groups excluding carboxylic acids is 3. The van der Waals surface area contributed by atoms with Crippen LogP contribution in [-0.2, 0) is 33.3 Å². The normalized spacial score (nSPS) is 28.9. The molecule has 1 aliphatic heterocycles. The molecule has 1 rings (SSSR count). The molecule has 0 saturated carbocycles. The maximum atomic E-state index is 11.5. The lowest BCUT2D eigenvalue weighted by Crippen LogP contribution is -2.56. The number of thioether (sulfide) groups is 1. The smallest absolute Gasteiger partial charge is 0.303 e. The first-order chi connectivity index (χ1) is 11.8. The lowest BCUT2D eigenvalue weighted by molar-refractivity contribution is -0.212. The van der Waals surface area contributed by atoms with Gasteiger partial charge in [-0.25, -0.2) is 0 Å². The fourth-order valence-electron chi connectivity index (χ4n) is 2.64. The van der Waals surface area contributed by atoms with E-state index in [9.17, 15) is 14.4 Å². The second kappa shape index (κ2) is 10.7. The number of rotatable bonds is 8. The summed E-state index contributed by atoms with van der Waals surface area (Å²) >= 11 is 1.55. The number of unbranched alkanes of at least 4 members (excludes halogenated alkanes) is 1. The Morgan fingerprint density at radius 2 is 1.60 bits per heavy atom. The Bertz CT molecular complexity index is 466. The summed E-state index contributed by atoms with van der Waals surface area (Å²) in [5.74, 6) is -0.755. The minimum absolute atomic E-state index is 0.0186. The topological polar surface area (TPSA) is 88.1 Å². The lowest BCUT2D eigenvalue weighted by atomic mass is 9.91. The number of hydrogen-bond acceptors (Lipinski definition) is 8. The van der Waals surface area contributed by atoms with Gasteiger partial charge in [0.15, 0.2) is 0 Å². The van der Waals surface area contributed by atoms with E-state index in [-0.39, 0.29) is 12.5 Å². The van der Waals surface area contributed by atoms with Crippen LogP contribution in [-0.4, -0.2) is 54.0 Å². The molecule has 1 saturated heterocycles. The summed E-state index contributed by atoms with van der Waals surface area (Å²) in [5, 5.41) is 0. The second-order valence-corrected chi connectivity index (χ2v) is 7.28. The van der Waals surface area contributed by atoms with Gasteiger partial charge < -0.3 is 18.9 Å². The van der Waals surface area contributed by atoms with Crippen LogP contribution in [0.5, 0.6) is 0 Å². The van der Waals surface area contributed by atoms with Gasteiger partial charge in [-0.1, -0.05) is 20.3 Å². The van der Waals surface area contributed by atoms with Crippen LogP contribution in [0, 0.1) is 5.92 Å². The van der Waals surface area contributed by atoms with Gasteiger partial charge in [0.25, 0.3) is 0 Å². The molecule has 8 heteroatoms. The molecule has 5 atom stereocenters. The second-order valence-electron chi connectivity index (χ2n) is 6.08. The summed E-state index contributed by atoms with van der Waals surface area (Å²) < 4.78 is 21.9. The molecule has 0 amide bonds. The van der Waals surface area contributed by atoms with Gasteiger partial charge in [-0.15, -0.1) is 11.8 Å². The highest BCUT2D eigenvalue weighted by molar-refractivity contribution is 7.99. The molecular weight excluding hydrogens is 348 g/mol. The maximum Gasteiger partial charge on any atom is 0.303 e. The standard InChI is InChI=1S/C17H28O7S/c1-6-7-8-25-17-16(23-13(5)20)10(2)15(22-12(4)19)14(24-17)9-21-11(3)18/h10,14-17H,6-9H2,1-5H3/t10?,14?,15-,16?,17-/m1/s1. The first kappa shape index (κ1) is 21.8. The molecule has 0 aromatic carbocycles. The van der Waals surface area contributed by atoms with E-state index in [1.807, 2.05) is 6.92 Å². The highest BCUT2D eigenvalue weighted by Gasteiger charge is 2.47. The number of esters is 3. The summed E-state index contributed by atoms with van der Waals surface area (Å²) in [5.41, 5.74) is -0.405. The highest BCUT2D eigenvalue weighted by atomic mass is 32.2. The minimum atomic E-state index is -0.663. The van der Waals surface area contributed by atoms with E-state index in [4.69, 9.17) is 18.9 Å². The molecule has 0 aromatic rings. The molecule has 0 aliphatic carbocycles. The average molecular weight is 376 g/mol. The van der Waals surface area contributed by atoms with Crippen molar-refractivity contribution in [3.63, 3.8) is 0 Å². The first-order valence-corrected chi connectivity index (χ1v) is 9.56. The number of hydrogen-bond donors (Lipinski definition) is 0. The molecule has 0 radical (unpaired) electrons. The third-order valence-corrected chi connectivity index (χ3v) is 5.05. The van der Waals surface area contributed by atoms with Crippen LogP contribution in [0.4, 0.5) is 0 Å².